The second kappa shape index (κ2) is 5.16. The number of nitrogens with two attached hydrogens (primary N) is 1. The van der Waals surface area contributed by atoms with Crippen LogP contribution in [0.1, 0.15) is 11.6 Å². The van der Waals surface area contributed by atoms with Gasteiger partial charge in [-0.2, -0.15) is 0 Å². The first-order valence-electron chi connectivity index (χ1n) is 5.73. The lowest BCUT2D eigenvalue weighted by Gasteiger charge is -2.10. The maximum absolute atomic E-state index is 11.5. The number of nitrogens with one attached hydrogen (secondary N) is 1. The Bertz CT molecular complexity index is 706. The third-order valence-electron chi connectivity index (χ3n) is 2.89. The average molecular weight is 399 g/mol. The van der Waals surface area contributed by atoms with Gasteiger partial charge in [0.1, 0.15) is 17.5 Å². The number of benzene rings is 1. The second-order valence-electron chi connectivity index (χ2n) is 4.28. The summed E-state index contributed by atoms with van der Waals surface area (Å²) in [7, 11) is 0. The molecule has 0 aliphatic carbocycles. The molecular weight excluding hydrogens is 390 g/mol. The Morgan fingerprint density at radius 2 is 2.05 bits per heavy atom. The fourth-order valence-corrected chi connectivity index (χ4v) is 2.73. The fourth-order valence-electron chi connectivity index (χ4n) is 1.94. The van der Waals surface area contributed by atoms with Gasteiger partial charge >= 0.3 is 0 Å². The third kappa shape index (κ3) is 2.44. The fraction of sp³-hybridized carbons (Fsp3) is 0.0769. The molecule has 102 valence electrons. The van der Waals surface area contributed by atoms with Crippen LogP contribution in [0.5, 0.6) is 11.5 Å². The van der Waals surface area contributed by atoms with E-state index >= 15 is 0 Å². The van der Waals surface area contributed by atoms with E-state index in [1.54, 1.807) is 30.6 Å². The quantitative estimate of drug-likeness (QED) is 0.813. The lowest BCUT2D eigenvalue weighted by molar-refractivity contribution is -0.116. The number of anilines is 1. The van der Waals surface area contributed by atoms with Crippen LogP contribution in [0.4, 0.5) is 5.69 Å². The number of nitrogens with zero attached hydrogens (tertiary/aromatic N) is 1. The number of aromatic nitrogens is 1. The van der Waals surface area contributed by atoms with Crippen molar-refractivity contribution in [1.29, 1.82) is 0 Å². The van der Waals surface area contributed by atoms with E-state index in [1.165, 1.54) is 0 Å². The van der Waals surface area contributed by atoms with Gasteiger partial charge in [0.05, 0.1) is 10.7 Å². The number of halogens is 2. The Balaban J connectivity index is 1.96. The molecule has 0 fully saturated rings. The van der Waals surface area contributed by atoms with Crippen molar-refractivity contribution in [3.05, 3.63) is 45.1 Å². The zero-order valence-corrected chi connectivity index (χ0v) is 13.2. The van der Waals surface area contributed by atoms with Gasteiger partial charge in [-0.25, -0.2) is 0 Å². The van der Waals surface area contributed by atoms with Crippen LogP contribution in [0.25, 0.3) is 0 Å². The number of ether oxygens (including phenoxy) is 1. The summed E-state index contributed by atoms with van der Waals surface area (Å²) in [5, 5.41) is 2.72. The maximum atomic E-state index is 11.5. The van der Waals surface area contributed by atoms with E-state index in [1.807, 2.05) is 0 Å². The van der Waals surface area contributed by atoms with Crippen LogP contribution in [-0.4, -0.2) is 10.9 Å². The number of pyridine rings is 1. The minimum Gasteiger partial charge on any atom is -0.454 e. The normalized spacial score (nSPS) is 16.8. The minimum atomic E-state index is -0.636. The van der Waals surface area contributed by atoms with Gasteiger partial charge in [0.25, 0.3) is 0 Å². The summed E-state index contributed by atoms with van der Waals surface area (Å²) in [6, 6.07) is 4.70. The highest BCUT2D eigenvalue weighted by Gasteiger charge is 2.28. The predicted molar refractivity (Wildman–Crippen MR) is 81.7 cm³/mol. The number of carbonyl (C=O) groups excluding carboxylic acids is 1. The molecule has 2 heterocycles. The average Bonchev–Trinajstić information content (AvgIpc) is 2.66. The summed E-state index contributed by atoms with van der Waals surface area (Å²) in [5.41, 5.74) is 7.21. The van der Waals surface area contributed by atoms with Crippen molar-refractivity contribution < 1.29 is 9.53 Å². The molecule has 5 nitrogen and oxygen atoms in total. The number of hydrogen-bond donors (Lipinski definition) is 2. The summed E-state index contributed by atoms with van der Waals surface area (Å²) in [5.74, 6) is 0.958. The highest BCUT2D eigenvalue weighted by atomic mass is 79.9. The second-order valence-corrected chi connectivity index (χ2v) is 6.05. The highest BCUT2D eigenvalue weighted by Crippen LogP contribution is 2.39. The van der Waals surface area contributed by atoms with Gasteiger partial charge in [-0.1, -0.05) is 0 Å². The molecule has 20 heavy (non-hydrogen) atoms. The smallest absolute Gasteiger partial charge is 0.245 e. The first kappa shape index (κ1) is 13.5. The number of hydrogen-bond acceptors (Lipinski definition) is 4. The van der Waals surface area contributed by atoms with Gasteiger partial charge in [-0.05, 0) is 44.0 Å². The van der Waals surface area contributed by atoms with Crippen LogP contribution in [0.15, 0.2) is 39.5 Å². The van der Waals surface area contributed by atoms with Crippen molar-refractivity contribution in [3.63, 3.8) is 0 Å². The summed E-state index contributed by atoms with van der Waals surface area (Å²) in [6.07, 6.45) is 3.28. The molecule has 3 rings (SSSR count). The summed E-state index contributed by atoms with van der Waals surface area (Å²) >= 11 is 6.75. The van der Waals surface area contributed by atoms with Crippen molar-refractivity contribution in [2.24, 2.45) is 5.73 Å². The maximum Gasteiger partial charge on any atom is 0.245 e. The standard InChI is InChI=1S/C13H9Br2N3O2/c14-6-1-7(5-17-4-6)20-11-3-10-8(2-9(11)15)12(16)13(19)18-10/h1-5,12H,16H2,(H,18,19). The number of carbonyl (C=O) groups is 1. The molecule has 0 saturated heterocycles. The molecule has 0 bridgehead atoms. The van der Waals surface area contributed by atoms with E-state index in [0.717, 1.165) is 14.5 Å². The SMILES string of the molecule is NC1C(=O)Nc2cc(Oc3cncc(Br)c3)c(Br)cc21. The van der Waals surface area contributed by atoms with Gasteiger partial charge < -0.3 is 15.8 Å². The first-order valence-corrected chi connectivity index (χ1v) is 7.31. The number of fused-ring (bicyclic) bond motifs is 1. The molecule has 1 amide bonds. The number of rotatable bonds is 2. The molecular formula is C13H9Br2N3O2. The Kier molecular flexibility index (Phi) is 3.49. The predicted octanol–water partition coefficient (Wildman–Crippen LogP) is 3.35. The molecule has 3 N–H and O–H groups in total. The summed E-state index contributed by atoms with van der Waals surface area (Å²) < 4.78 is 7.30. The van der Waals surface area contributed by atoms with Crippen molar-refractivity contribution >= 4 is 43.5 Å². The van der Waals surface area contributed by atoms with Gasteiger partial charge in [-0.3, -0.25) is 9.78 Å². The van der Waals surface area contributed by atoms with E-state index < -0.39 is 6.04 Å². The molecule has 0 radical (unpaired) electrons. The van der Waals surface area contributed by atoms with Gasteiger partial charge in [-0.15, -0.1) is 0 Å². The number of amides is 1. The largest absolute Gasteiger partial charge is 0.454 e. The van der Waals surface area contributed by atoms with Crippen molar-refractivity contribution in [3.8, 4) is 11.5 Å². The highest BCUT2D eigenvalue weighted by molar-refractivity contribution is 9.10. The van der Waals surface area contributed by atoms with Crippen LogP contribution in [0.2, 0.25) is 0 Å². The van der Waals surface area contributed by atoms with Gasteiger partial charge in [0, 0.05) is 28.0 Å². The lowest BCUT2D eigenvalue weighted by atomic mass is 10.1. The molecule has 1 aliphatic heterocycles. The molecule has 2 aromatic rings. The van der Waals surface area contributed by atoms with Crippen LogP contribution in [-0.2, 0) is 4.79 Å². The molecule has 7 heteroatoms. The third-order valence-corrected chi connectivity index (χ3v) is 3.94. The van der Waals surface area contributed by atoms with Crippen LogP contribution >= 0.6 is 31.9 Å². The van der Waals surface area contributed by atoms with Crippen LogP contribution in [0, 0.1) is 0 Å². The molecule has 1 atom stereocenters. The van der Waals surface area contributed by atoms with Crippen LogP contribution in [0.3, 0.4) is 0 Å². The lowest BCUT2D eigenvalue weighted by Crippen LogP contribution is -2.19. The van der Waals surface area contributed by atoms with Gasteiger partial charge in [0.2, 0.25) is 5.91 Å². The van der Waals surface area contributed by atoms with E-state index in [0.29, 0.717) is 17.2 Å². The topological polar surface area (TPSA) is 77.2 Å². The Morgan fingerprint density at radius 1 is 1.25 bits per heavy atom. The van der Waals surface area contributed by atoms with E-state index in [9.17, 15) is 4.79 Å². The molecule has 0 saturated carbocycles. The summed E-state index contributed by atoms with van der Waals surface area (Å²) in [6.45, 7) is 0. The Labute approximate surface area is 131 Å². The zero-order chi connectivity index (χ0) is 14.3. The molecule has 1 aromatic heterocycles. The van der Waals surface area contributed by atoms with E-state index in [-0.39, 0.29) is 5.91 Å². The van der Waals surface area contributed by atoms with Gasteiger partial charge in [0.15, 0.2) is 0 Å². The van der Waals surface area contributed by atoms with E-state index in [4.69, 9.17) is 10.5 Å². The Morgan fingerprint density at radius 3 is 2.80 bits per heavy atom. The molecule has 1 unspecified atom stereocenters. The monoisotopic (exact) mass is 397 g/mol. The van der Waals surface area contributed by atoms with Crippen LogP contribution < -0.4 is 15.8 Å². The van der Waals surface area contributed by atoms with Crippen molar-refractivity contribution in [2.75, 3.05) is 5.32 Å². The molecule has 1 aliphatic rings. The van der Waals surface area contributed by atoms with Crippen molar-refractivity contribution in [1.82, 2.24) is 4.98 Å². The van der Waals surface area contributed by atoms with Crippen molar-refractivity contribution in [2.45, 2.75) is 6.04 Å². The molecule has 1 aromatic carbocycles. The Hall–Kier alpha value is -1.44. The summed E-state index contributed by atoms with van der Waals surface area (Å²) in [4.78, 5) is 15.6. The first-order chi connectivity index (χ1) is 9.54. The molecule has 0 spiro atoms. The minimum absolute atomic E-state index is 0.215. The van der Waals surface area contributed by atoms with E-state index in [2.05, 4.69) is 42.2 Å². The zero-order valence-electron chi connectivity index (χ0n) is 10.1.